The van der Waals surface area contributed by atoms with Gasteiger partial charge in [0.25, 0.3) is 0 Å². The maximum absolute atomic E-state index is 11.8. The third-order valence-electron chi connectivity index (χ3n) is 2.48. The highest BCUT2D eigenvalue weighted by Crippen LogP contribution is 2.04. The Morgan fingerprint density at radius 1 is 1.56 bits per heavy atom. The lowest BCUT2D eigenvalue weighted by atomic mass is 10.3. The molecule has 1 amide bonds. The summed E-state index contributed by atoms with van der Waals surface area (Å²) < 4.78 is 5.14. The van der Waals surface area contributed by atoms with Gasteiger partial charge in [0.05, 0.1) is 24.4 Å². The van der Waals surface area contributed by atoms with Crippen molar-refractivity contribution in [2.75, 3.05) is 0 Å². The standard InChI is InChI=1S/C12H15N3O2S/c1-9(14-7-11-6-13-8-18-11)12(16)15-5-10-3-2-4-17-10/h2-4,6,8-9,14H,5,7H2,1H3,(H,15,16). The predicted octanol–water partition coefficient (Wildman–Crippen LogP) is 1.53. The summed E-state index contributed by atoms with van der Waals surface area (Å²) >= 11 is 1.57. The summed E-state index contributed by atoms with van der Waals surface area (Å²) in [5.74, 6) is 0.703. The van der Waals surface area contributed by atoms with Crippen LogP contribution in [0.4, 0.5) is 0 Å². The van der Waals surface area contributed by atoms with E-state index in [9.17, 15) is 4.79 Å². The molecular formula is C12H15N3O2S. The van der Waals surface area contributed by atoms with Crippen LogP contribution in [0.2, 0.25) is 0 Å². The van der Waals surface area contributed by atoms with Crippen molar-refractivity contribution < 1.29 is 9.21 Å². The van der Waals surface area contributed by atoms with Crippen molar-refractivity contribution in [2.24, 2.45) is 0 Å². The van der Waals surface area contributed by atoms with Crippen molar-refractivity contribution in [3.8, 4) is 0 Å². The minimum atomic E-state index is -0.248. The van der Waals surface area contributed by atoms with Crippen LogP contribution in [-0.2, 0) is 17.9 Å². The Labute approximate surface area is 109 Å². The number of rotatable bonds is 6. The molecule has 1 unspecified atom stereocenters. The average Bonchev–Trinajstić information content (AvgIpc) is 3.05. The predicted molar refractivity (Wildman–Crippen MR) is 69.0 cm³/mol. The Kier molecular flexibility index (Phi) is 4.49. The lowest BCUT2D eigenvalue weighted by Crippen LogP contribution is -2.41. The molecule has 2 rings (SSSR count). The molecule has 0 aliphatic rings. The second kappa shape index (κ2) is 6.32. The van der Waals surface area contributed by atoms with Crippen LogP contribution in [0, 0.1) is 0 Å². The molecule has 18 heavy (non-hydrogen) atoms. The minimum Gasteiger partial charge on any atom is -0.467 e. The number of carbonyl (C=O) groups is 1. The number of thiazole rings is 1. The summed E-state index contributed by atoms with van der Waals surface area (Å²) in [6, 6.07) is 3.38. The van der Waals surface area contributed by atoms with E-state index in [1.54, 1.807) is 35.4 Å². The number of furan rings is 1. The molecule has 5 nitrogen and oxygen atoms in total. The maximum atomic E-state index is 11.8. The van der Waals surface area contributed by atoms with Crippen LogP contribution < -0.4 is 10.6 Å². The Balaban J connectivity index is 1.71. The van der Waals surface area contributed by atoms with Gasteiger partial charge in [0.1, 0.15) is 5.76 Å². The number of hydrogen-bond donors (Lipinski definition) is 2. The second-order valence-electron chi connectivity index (χ2n) is 3.87. The van der Waals surface area contributed by atoms with E-state index < -0.39 is 0 Å². The number of nitrogens with one attached hydrogen (secondary N) is 2. The Morgan fingerprint density at radius 2 is 2.44 bits per heavy atom. The molecule has 2 heterocycles. The molecule has 0 saturated heterocycles. The van der Waals surface area contributed by atoms with Crippen LogP contribution in [0.15, 0.2) is 34.5 Å². The second-order valence-corrected chi connectivity index (χ2v) is 4.84. The van der Waals surface area contributed by atoms with Crippen LogP contribution in [0.3, 0.4) is 0 Å². The zero-order valence-corrected chi connectivity index (χ0v) is 10.9. The molecule has 0 aliphatic heterocycles. The summed E-state index contributed by atoms with van der Waals surface area (Å²) in [7, 11) is 0. The summed E-state index contributed by atoms with van der Waals surface area (Å²) in [5.41, 5.74) is 1.78. The average molecular weight is 265 g/mol. The van der Waals surface area contributed by atoms with Crippen molar-refractivity contribution in [1.82, 2.24) is 15.6 Å². The third-order valence-corrected chi connectivity index (χ3v) is 3.26. The molecule has 0 spiro atoms. The Bertz CT molecular complexity index is 467. The van der Waals surface area contributed by atoms with Gasteiger partial charge in [0, 0.05) is 17.6 Å². The Morgan fingerprint density at radius 3 is 3.11 bits per heavy atom. The van der Waals surface area contributed by atoms with Gasteiger partial charge in [0.15, 0.2) is 0 Å². The van der Waals surface area contributed by atoms with E-state index in [4.69, 9.17) is 4.42 Å². The molecule has 0 radical (unpaired) electrons. The zero-order valence-electron chi connectivity index (χ0n) is 10.1. The fourth-order valence-corrected chi connectivity index (χ4v) is 1.96. The summed E-state index contributed by atoms with van der Waals surface area (Å²) in [6.07, 6.45) is 3.39. The molecule has 2 N–H and O–H groups in total. The van der Waals surface area contributed by atoms with Crippen molar-refractivity contribution >= 4 is 17.2 Å². The van der Waals surface area contributed by atoms with E-state index in [2.05, 4.69) is 15.6 Å². The fourth-order valence-electron chi connectivity index (χ4n) is 1.42. The van der Waals surface area contributed by atoms with Crippen molar-refractivity contribution in [3.63, 3.8) is 0 Å². The van der Waals surface area contributed by atoms with E-state index in [1.807, 2.05) is 13.0 Å². The first-order valence-electron chi connectivity index (χ1n) is 5.66. The number of amides is 1. The van der Waals surface area contributed by atoms with Gasteiger partial charge in [-0.1, -0.05) is 0 Å². The molecule has 2 aromatic heterocycles. The molecule has 0 saturated carbocycles. The van der Waals surface area contributed by atoms with Gasteiger partial charge in [-0.3, -0.25) is 9.78 Å². The fraction of sp³-hybridized carbons (Fsp3) is 0.333. The smallest absolute Gasteiger partial charge is 0.237 e. The van der Waals surface area contributed by atoms with Crippen molar-refractivity contribution in [2.45, 2.75) is 26.1 Å². The summed E-state index contributed by atoms with van der Waals surface area (Å²) in [4.78, 5) is 16.9. The van der Waals surface area contributed by atoms with Crippen LogP contribution in [0.25, 0.3) is 0 Å². The van der Waals surface area contributed by atoms with Crippen LogP contribution in [-0.4, -0.2) is 16.9 Å². The highest BCUT2D eigenvalue weighted by Gasteiger charge is 2.12. The van der Waals surface area contributed by atoms with Crippen LogP contribution in [0.5, 0.6) is 0 Å². The number of hydrogen-bond acceptors (Lipinski definition) is 5. The first-order valence-corrected chi connectivity index (χ1v) is 6.54. The van der Waals surface area contributed by atoms with E-state index in [0.29, 0.717) is 13.1 Å². The van der Waals surface area contributed by atoms with E-state index in [0.717, 1.165) is 10.6 Å². The first-order chi connectivity index (χ1) is 8.75. The summed E-state index contributed by atoms with van der Waals surface area (Å²) in [6.45, 7) is 2.90. The van der Waals surface area contributed by atoms with Gasteiger partial charge in [-0.15, -0.1) is 11.3 Å². The third kappa shape index (κ3) is 3.68. The van der Waals surface area contributed by atoms with Gasteiger partial charge < -0.3 is 15.1 Å². The molecule has 1 atom stereocenters. The van der Waals surface area contributed by atoms with Gasteiger partial charge in [-0.2, -0.15) is 0 Å². The molecule has 2 aromatic rings. The van der Waals surface area contributed by atoms with Crippen molar-refractivity contribution in [3.05, 3.63) is 40.7 Å². The lowest BCUT2D eigenvalue weighted by molar-refractivity contribution is -0.123. The SMILES string of the molecule is CC(NCc1cncs1)C(=O)NCc1ccco1. The van der Waals surface area contributed by atoms with E-state index >= 15 is 0 Å². The normalized spacial score (nSPS) is 12.3. The molecule has 0 fully saturated rings. The zero-order chi connectivity index (χ0) is 12.8. The quantitative estimate of drug-likeness (QED) is 0.831. The van der Waals surface area contributed by atoms with Gasteiger partial charge in [-0.05, 0) is 19.1 Å². The first kappa shape index (κ1) is 12.8. The molecule has 6 heteroatoms. The Hall–Kier alpha value is -1.66. The van der Waals surface area contributed by atoms with Crippen LogP contribution in [0.1, 0.15) is 17.6 Å². The van der Waals surface area contributed by atoms with Gasteiger partial charge in [-0.25, -0.2) is 0 Å². The monoisotopic (exact) mass is 265 g/mol. The molecule has 0 aliphatic carbocycles. The van der Waals surface area contributed by atoms with E-state index in [1.165, 1.54) is 0 Å². The number of aromatic nitrogens is 1. The number of carbonyl (C=O) groups excluding carboxylic acids is 1. The summed E-state index contributed by atoms with van der Waals surface area (Å²) in [5, 5.41) is 5.95. The maximum Gasteiger partial charge on any atom is 0.237 e. The van der Waals surface area contributed by atoms with E-state index in [-0.39, 0.29) is 11.9 Å². The highest BCUT2D eigenvalue weighted by molar-refractivity contribution is 7.09. The van der Waals surface area contributed by atoms with Gasteiger partial charge >= 0.3 is 0 Å². The topological polar surface area (TPSA) is 67.2 Å². The largest absolute Gasteiger partial charge is 0.467 e. The molecular weight excluding hydrogens is 250 g/mol. The number of nitrogens with zero attached hydrogens (tertiary/aromatic N) is 1. The highest BCUT2D eigenvalue weighted by atomic mass is 32.1. The molecule has 0 bridgehead atoms. The minimum absolute atomic E-state index is 0.0454. The lowest BCUT2D eigenvalue weighted by Gasteiger charge is -2.12. The van der Waals surface area contributed by atoms with Crippen LogP contribution >= 0.6 is 11.3 Å². The van der Waals surface area contributed by atoms with Crippen molar-refractivity contribution in [1.29, 1.82) is 0 Å². The molecule has 0 aromatic carbocycles. The molecule has 96 valence electrons. The van der Waals surface area contributed by atoms with Gasteiger partial charge in [0.2, 0.25) is 5.91 Å².